The van der Waals surface area contributed by atoms with E-state index in [0.29, 0.717) is 43.9 Å². The number of nitrogens with zero attached hydrogens (tertiary/aromatic N) is 6. The normalized spacial score (nSPS) is 25.8. The summed E-state index contributed by atoms with van der Waals surface area (Å²) in [5.41, 5.74) is 9.58. The van der Waals surface area contributed by atoms with E-state index in [1.54, 1.807) is 13.3 Å². The van der Waals surface area contributed by atoms with Crippen molar-refractivity contribution in [3.8, 4) is 22.5 Å². The first kappa shape index (κ1) is 44.5. The number of rotatable bonds is 9. The monoisotopic (exact) mass is 893 g/mol. The van der Waals surface area contributed by atoms with Gasteiger partial charge in [0.15, 0.2) is 0 Å². The standard InChI is InChI=1S/C48H63N9O6S/c1-8-55-39-16-13-29-19-33(39)34(43(55)32-11-9-17-49-41(32)28(4)62-7)21-48(5,6)26-63-47(61)35-12-10-18-56(53-35)46(60)36(20-40-51-38(29)25-64-40)52-44(58)42(27(2)3)57-30-14-15-31(57)24-54(23-30)45(59)37-22-50-37/h9,11,13,16-17,19,25,27-28,30-31,35-37,42,50,53H,8,10,12,14-15,18,20-24,26H2,1-7H3,(H,52,58)/t28-,30?,31?,35-,36-,37+,42?/m0/s1. The van der Waals surface area contributed by atoms with E-state index in [4.69, 9.17) is 19.4 Å². The number of aryl methyl sites for hydroxylation is 1. The number of ether oxygens (including phenoxy) is 2. The van der Waals surface area contributed by atoms with Gasteiger partial charge < -0.3 is 29.6 Å². The molecule has 3 aromatic heterocycles. The van der Waals surface area contributed by atoms with Gasteiger partial charge in [0.25, 0.3) is 5.91 Å². The third-order valence-electron chi connectivity index (χ3n) is 13.9. The fourth-order valence-electron chi connectivity index (χ4n) is 10.6. The van der Waals surface area contributed by atoms with Crippen molar-refractivity contribution in [3.05, 3.63) is 58.2 Å². The summed E-state index contributed by atoms with van der Waals surface area (Å²) in [5.74, 6) is -0.853. The van der Waals surface area contributed by atoms with Crippen LogP contribution in [0.25, 0.3) is 33.4 Å². The topological polar surface area (TPSA) is 173 Å². The molecule has 0 saturated carbocycles. The molecule has 3 amide bonds. The average molecular weight is 894 g/mol. The Kier molecular flexibility index (Phi) is 12.4. The van der Waals surface area contributed by atoms with Gasteiger partial charge in [0.05, 0.1) is 46.9 Å². The number of cyclic esters (lactones) is 1. The van der Waals surface area contributed by atoms with Gasteiger partial charge in [-0.25, -0.2) is 10.4 Å². The predicted octanol–water partition coefficient (Wildman–Crippen LogP) is 4.87. The van der Waals surface area contributed by atoms with Crippen molar-refractivity contribution in [1.29, 1.82) is 0 Å². The number of hydrogen-bond donors (Lipinski definition) is 3. The highest BCUT2D eigenvalue weighted by Crippen LogP contribution is 2.42. The van der Waals surface area contributed by atoms with Crippen LogP contribution in [0.1, 0.15) is 89.6 Å². The van der Waals surface area contributed by atoms with Gasteiger partial charge in [-0.05, 0) is 81.7 Å². The Morgan fingerprint density at radius 3 is 2.56 bits per heavy atom. The lowest BCUT2D eigenvalue weighted by molar-refractivity contribution is -0.155. The molecule has 4 aromatic rings. The first-order chi connectivity index (χ1) is 30.7. The molecule has 5 aliphatic rings. The quantitative estimate of drug-likeness (QED) is 0.155. The number of benzene rings is 1. The van der Waals surface area contributed by atoms with Crippen molar-refractivity contribution in [2.24, 2.45) is 11.3 Å². The highest BCUT2D eigenvalue weighted by Gasteiger charge is 2.49. The van der Waals surface area contributed by atoms with Gasteiger partial charge in [-0.1, -0.05) is 33.8 Å². The van der Waals surface area contributed by atoms with E-state index in [1.165, 1.54) is 16.3 Å². The number of fused-ring (bicyclic) bond motifs is 8. The molecule has 4 fully saturated rings. The number of esters is 1. The molecule has 7 atom stereocenters. The summed E-state index contributed by atoms with van der Waals surface area (Å²) in [6.45, 7) is 15.7. The summed E-state index contributed by atoms with van der Waals surface area (Å²) in [6.07, 6.45) is 5.28. The summed E-state index contributed by atoms with van der Waals surface area (Å²) in [5, 5.41) is 11.7. The van der Waals surface area contributed by atoms with E-state index in [-0.39, 0.29) is 60.9 Å². The van der Waals surface area contributed by atoms with Crippen LogP contribution in [0.15, 0.2) is 41.9 Å². The number of amides is 3. The molecule has 64 heavy (non-hydrogen) atoms. The van der Waals surface area contributed by atoms with Crippen molar-refractivity contribution in [2.75, 3.05) is 39.9 Å². The lowest BCUT2D eigenvalue weighted by Crippen LogP contribution is -2.65. The van der Waals surface area contributed by atoms with Crippen LogP contribution in [0.4, 0.5) is 0 Å². The fraction of sp³-hybridized carbons (Fsp3) is 0.583. The maximum Gasteiger partial charge on any atom is 0.324 e. The number of carbonyl (C=O) groups is 4. The highest BCUT2D eigenvalue weighted by molar-refractivity contribution is 7.10. The van der Waals surface area contributed by atoms with Crippen molar-refractivity contribution in [3.63, 3.8) is 0 Å². The Bertz CT molecular complexity index is 2410. The zero-order chi connectivity index (χ0) is 45.0. The average Bonchev–Trinajstić information content (AvgIpc) is 3.90. The maximum atomic E-state index is 14.7. The maximum absolute atomic E-state index is 14.7. The minimum atomic E-state index is -0.951. The SMILES string of the molecule is CCn1c(-c2cccnc2[C@H](C)OC)c2c3cc(ccc31)-c1csc(n1)C[C@H](NC(=O)C(C(C)C)N1C3CCC1CN(C(=O)[C@H]1CN1)C3)C(=O)N1CCC[C@H](N1)C(=O)OCC(C)(C)C2. The summed E-state index contributed by atoms with van der Waals surface area (Å²) in [6, 6.07) is 8.41. The van der Waals surface area contributed by atoms with Crippen molar-refractivity contribution in [2.45, 2.75) is 129 Å². The number of nitrogens with one attached hydrogen (secondary N) is 3. The van der Waals surface area contributed by atoms with Gasteiger partial charge in [-0.15, -0.1) is 11.3 Å². The van der Waals surface area contributed by atoms with E-state index >= 15 is 0 Å². The van der Waals surface area contributed by atoms with Crippen molar-refractivity contribution < 1.29 is 28.7 Å². The second-order valence-corrected chi connectivity index (χ2v) is 20.4. The lowest BCUT2D eigenvalue weighted by Gasteiger charge is -2.46. The third-order valence-corrected chi connectivity index (χ3v) is 14.8. The summed E-state index contributed by atoms with van der Waals surface area (Å²) < 4.78 is 14.3. The van der Waals surface area contributed by atoms with Crippen LogP contribution in [-0.2, 0) is 48.0 Å². The number of pyridine rings is 1. The van der Waals surface area contributed by atoms with Crippen molar-refractivity contribution in [1.82, 2.24) is 45.4 Å². The molecule has 0 aliphatic carbocycles. The van der Waals surface area contributed by atoms with Crippen LogP contribution in [0.5, 0.6) is 0 Å². The number of likely N-dealkylation sites (tertiary alicyclic amines) is 1. The summed E-state index contributed by atoms with van der Waals surface area (Å²) >= 11 is 1.47. The highest BCUT2D eigenvalue weighted by atomic mass is 32.1. The van der Waals surface area contributed by atoms with E-state index < -0.39 is 29.5 Å². The second kappa shape index (κ2) is 17.9. The largest absolute Gasteiger partial charge is 0.464 e. The van der Waals surface area contributed by atoms with E-state index in [2.05, 4.69) is 70.6 Å². The van der Waals surface area contributed by atoms with E-state index in [1.807, 2.05) is 37.1 Å². The minimum absolute atomic E-state index is 0.0521. The molecule has 0 spiro atoms. The zero-order valence-electron chi connectivity index (χ0n) is 38.2. The molecule has 8 heterocycles. The minimum Gasteiger partial charge on any atom is -0.464 e. The molecule has 15 nitrogen and oxygen atoms in total. The Morgan fingerprint density at radius 1 is 1.09 bits per heavy atom. The smallest absolute Gasteiger partial charge is 0.324 e. The number of aromatic nitrogens is 3. The number of hydrogen-bond acceptors (Lipinski definition) is 12. The fourth-order valence-corrected chi connectivity index (χ4v) is 11.5. The Hall–Kier alpha value is -4.74. The molecular weight excluding hydrogens is 831 g/mol. The second-order valence-electron chi connectivity index (χ2n) is 19.5. The van der Waals surface area contributed by atoms with E-state index in [0.717, 1.165) is 70.6 Å². The molecule has 342 valence electrons. The van der Waals surface area contributed by atoms with Gasteiger partial charge in [-0.2, -0.15) is 0 Å². The van der Waals surface area contributed by atoms with Crippen molar-refractivity contribution >= 4 is 45.9 Å². The van der Waals surface area contributed by atoms with Crippen LogP contribution in [0.2, 0.25) is 0 Å². The Morgan fingerprint density at radius 2 is 1.86 bits per heavy atom. The zero-order valence-corrected chi connectivity index (χ0v) is 39.0. The van der Waals surface area contributed by atoms with Crippen LogP contribution in [-0.4, -0.2) is 129 Å². The number of hydrazine groups is 1. The van der Waals surface area contributed by atoms with Gasteiger partial charge >= 0.3 is 5.97 Å². The third kappa shape index (κ3) is 8.59. The van der Waals surface area contributed by atoms with Gasteiger partial charge in [0.2, 0.25) is 11.8 Å². The number of carbonyl (C=O) groups excluding carboxylic acids is 4. The first-order valence-corrected chi connectivity index (χ1v) is 24.0. The van der Waals surface area contributed by atoms with Gasteiger partial charge in [-0.3, -0.25) is 34.1 Å². The van der Waals surface area contributed by atoms with Gasteiger partial charge in [0.1, 0.15) is 12.1 Å². The van der Waals surface area contributed by atoms with Crippen LogP contribution in [0.3, 0.4) is 0 Å². The molecule has 3 N–H and O–H groups in total. The predicted molar refractivity (Wildman–Crippen MR) is 245 cm³/mol. The molecule has 8 bridgehead atoms. The molecule has 16 heteroatoms. The van der Waals surface area contributed by atoms with Crippen LogP contribution in [0, 0.1) is 11.3 Å². The molecular formula is C48H63N9O6S. The number of thiazole rings is 1. The van der Waals surface area contributed by atoms with E-state index in [9.17, 15) is 19.2 Å². The van der Waals surface area contributed by atoms with Crippen LogP contribution >= 0.6 is 11.3 Å². The Balaban J connectivity index is 1.08. The summed E-state index contributed by atoms with van der Waals surface area (Å²) in [7, 11) is 1.70. The number of methoxy groups -OCH3 is 1. The molecule has 1 aromatic carbocycles. The Labute approximate surface area is 379 Å². The molecule has 3 unspecified atom stereocenters. The lowest BCUT2D eigenvalue weighted by atomic mass is 9.84. The molecule has 9 rings (SSSR count). The number of piperazine rings is 1. The first-order valence-electron chi connectivity index (χ1n) is 23.2. The molecule has 0 radical (unpaired) electrons. The summed E-state index contributed by atoms with van der Waals surface area (Å²) in [4.78, 5) is 70.7. The van der Waals surface area contributed by atoms with Crippen LogP contribution < -0.4 is 16.1 Å². The molecule has 5 aliphatic heterocycles. The van der Waals surface area contributed by atoms with Gasteiger partial charge in [0, 0.05) is 97.4 Å². The molecule has 4 saturated heterocycles.